The summed E-state index contributed by atoms with van der Waals surface area (Å²) < 4.78 is 0. The lowest BCUT2D eigenvalue weighted by molar-refractivity contribution is 0.0704. The van der Waals surface area contributed by atoms with Crippen molar-refractivity contribution in [3.8, 4) is 5.75 Å². The zero-order valence-electron chi connectivity index (χ0n) is 14.2. The monoisotopic (exact) mass is 316 g/mol. The van der Waals surface area contributed by atoms with Crippen LogP contribution < -0.4 is 0 Å². The molecule has 3 rings (SSSR count). The number of phenols is 1. The Bertz CT molecular complexity index is 537. The Labute approximate surface area is 139 Å². The Morgan fingerprint density at radius 1 is 1.22 bits per heavy atom. The lowest BCUT2D eigenvalue weighted by Gasteiger charge is -2.34. The first kappa shape index (κ1) is 16.3. The Hall–Kier alpha value is -1.55. The van der Waals surface area contributed by atoms with E-state index < -0.39 is 0 Å². The Balaban J connectivity index is 1.72. The first-order chi connectivity index (χ1) is 11.0. The molecule has 2 fully saturated rings. The summed E-state index contributed by atoms with van der Waals surface area (Å²) in [5, 5.41) is 9.40. The van der Waals surface area contributed by atoms with Gasteiger partial charge in [-0.3, -0.25) is 9.69 Å². The molecule has 0 bridgehead atoms. The van der Waals surface area contributed by atoms with E-state index in [9.17, 15) is 9.90 Å². The molecule has 1 aromatic carbocycles. The van der Waals surface area contributed by atoms with E-state index in [1.165, 1.54) is 19.4 Å². The van der Waals surface area contributed by atoms with Crippen molar-refractivity contribution >= 4 is 5.91 Å². The largest absolute Gasteiger partial charge is 0.508 e. The molecule has 1 aromatic rings. The Morgan fingerprint density at radius 2 is 1.91 bits per heavy atom. The summed E-state index contributed by atoms with van der Waals surface area (Å²) in [5.74, 6) is 1.72. The molecule has 0 spiro atoms. The van der Waals surface area contributed by atoms with Gasteiger partial charge in [0.05, 0.1) is 0 Å². The Kier molecular flexibility index (Phi) is 4.90. The van der Waals surface area contributed by atoms with Crippen molar-refractivity contribution in [2.75, 3.05) is 26.2 Å². The molecule has 1 N–H and O–H groups in total. The first-order valence-electron chi connectivity index (χ1n) is 8.87. The molecule has 4 heteroatoms. The minimum absolute atomic E-state index is 0.0870. The van der Waals surface area contributed by atoms with Crippen LogP contribution in [0.5, 0.6) is 5.75 Å². The van der Waals surface area contributed by atoms with Gasteiger partial charge in [0.25, 0.3) is 5.91 Å². The van der Waals surface area contributed by atoms with Gasteiger partial charge in [0.2, 0.25) is 0 Å². The second-order valence-electron chi connectivity index (χ2n) is 7.40. The number of carbonyl (C=O) groups is 1. The number of phenolic OH excluding ortho intramolecular Hbond substituents is 1. The molecule has 0 radical (unpaired) electrons. The minimum atomic E-state index is 0.0870. The lowest BCUT2D eigenvalue weighted by atomic mass is 10.0. The molecule has 1 aliphatic carbocycles. The summed E-state index contributed by atoms with van der Waals surface area (Å²) in [6, 6.07) is 7.05. The van der Waals surface area contributed by atoms with E-state index in [1.807, 2.05) is 4.90 Å². The Morgan fingerprint density at radius 3 is 2.52 bits per heavy atom. The van der Waals surface area contributed by atoms with Crippen molar-refractivity contribution < 1.29 is 9.90 Å². The zero-order valence-corrected chi connectivity index (χ0v) is 14.2. The van der Waals surface area contributed by atoms with Crippen molar-refractivity contribution in [2.45, 2.75) is 39.2 Å². The number of amides is 1. The van der Waals surface area contributed by atoms with Crippen LogP contribution in [0.3, 0.4) is 0 Å². The molecule has 1 saturated heterocycles. The normalized spacial score (nSPS) is 23.1. The van der Waals surface area contributed by atoms with Gasteiger partial charge in [-0.25, -0.2) is 0 Å². The van der Waals surface area contributed by atoms with Crippen molar-refractivity contribution in [3.63, 3.8) is 0 Å². The molecular weight excluding hydrogens is 288 g/mol. The van der Waals surface area contributed by atoms with Gasteiger partial charge in [-0.2, -0.15) is 0 Å². The predicted molar refractivity (Wildman–Crippen MR) is 91.6 cm³/mol. The highest BCUT2D eigenvalue weighted by Gasteiger charge is 2.33. The molecule has 1 atom stereocenters. The van der Waals surface area contributed by atoms with Crippen LogP contribution in [0.1, 0.15) is 43.5 Å². The van der Waals surface area contributed by atoms with E-state index >= 15 is 0 Å². The number of rotatable bonds is 4. The van der Waals surface area contributed by atoms with E-state index in [1.54, 1.807) is 24.3 Å². The number of hydrogen-bond donors (Lipinski definition) is 1. The molecule has 0 unspecified atom stereocenters. The third-order valence-corrected chi connectivity index (χ3v) is 5.11. The molecule has 1 aliphatic heterocycles. The molecule has 1 heterocycles. The maximum absolute atomic E-state index is 12.8. The lowest BCUT2D eigenvalue weighted by Crippen LogP contribution is -2.46. The van der Waals surface area contributed by atoms with Gasteiger partial charge in [-0.15, -0.1) is 0 Å². The maximum atomic E-state index is 12.8. The summed E-state index contributed by atoms with van der Waals surface area (Å²) in [4.78, 5) is 17.4. The third-order valence-electron chi connectivity index (χ3n) is 5.11. The fraction of sp³-hybridized carbons (Fsp3) is 0.632. The maximum Gasteiger partial charge on any atom is 0.253 e. The van der Waals surface area contributed by atoms with Crippen LogP contribution in [-0.2, 0) is 0 Å². The van der Waals surface area contributed by atoms with Crippen molar-refractivity contribution in [1.29, 1.82) is 0 Å². The number of aromatic hydroxyl groups is 1. The third kappa shape index (κ3) is 4.05. The highest BCUT2D eigenvalue weighted by Crippen LogP contribution is 2.32. The average molecular weight is 316 g/mol. The fourth-order valence-corrected chi connectivity index (χ4v) is 3.53. The van der Waals surface area contributed by atoms with Crippen LogP contribution in [-0.4, -0.2) is 53.0 Å². The predicted octanol–water partition coefficient (Wildman–Crippen LogP) is 2.97. The van der Waals surface area contributed by atoms with Crippen LogP contribution in [0.15, 0.2) is 24.3 Å². The van der Waals surface area contributed by atoms with E-state index in [0.717, 1.165) is 32.0 Å². The topological polar surface area (TPSA) is 43.8 Å². The van der Waals surface area contributed by atoms with E-state index in [0.29, 0.717) is 17.5 Å². The van der Waals surface area contributed by atoms with E-state index in [2.05, 4.69) is 18.7 Å². The fourth-order valence-electron chi connectivity index (χ4n) is 3.53. The van der Waals surface area contributed by atoms with Crippen LogP contribution in [0.2, 0.25) is 0 Å². The van der Waals surface area contributed by atoms with Crippen LogP contribution in [0.25, 0.3) is 0 Å². The molecule has 1 amide bonds. The molecule has 126 valence electrons. The summed E-state index contributed by atoms with van der Waals surface area (Å²) in [6.45, 7) is 8.45. The van der Waals surface area contributed by atoms with Gasteiger partial charge >= 0.3 is 0 Å². The van der Waals surface area contributed by atoms with Crippen molar-refractivity contribution in [3.05, 3.63) is 29.8 Å². The second-order valence-corrected chi connectivity index (χ2v) is 7.40. The van der Waals surface area contributed by atoms with Crippen LogP contribution >= 0.6 is 0 Å². The molecule has 2 aliphatic rings. The van der Waals surface area contributed by atoms with Gasteiger partial charge in [-0.1, -0.05) is 13.8 Å². The van der Waals surface area contributed by atoms with Crippen LogP contribution in [0, 0.1) is 11.8 Å². The summed E-state index contributed by atoms with van der Waals surface area (Å²) >= 11 is 0. The number of carbonyl (C=O) groups excluding carboxylic acids is 1. The molecule has 1 saturated carbocycles. The van der Waals surface area contributed by atoms with Crippen molar-refractivity contribution in [1.82, 2.24) is 9.80 Å². The molecule has 23 heavy (non-hydrogen) atoms. The SMILES string of the molecule is CC(C)[C@@H]1CN(C(=O)c2ccc(O)cc2)CCCN1CC1CC1. The van der Waals surface area contributed by atoms with Crippen LogP contribution in [0.4, 0.5) is 0 Å². The number of hydrogen-bond acceptors (Lipinski definition) is 3. The summed E-state index contributed by atoms with van der Waals surface area (Å²) in [7, 11) is 0. The van der Waals surface area contributed by atoms with Gasteiger partial charge in [-0.05, 0) is 55.4 Å². The van der Waals surface area contributed by atoms with Gasteiger partial charge in [0.1, 0.15) is 5.75 Å². The van der Waals surface area contributed by atoms with E-state index in [4.69, 9.17) is 0 Å². The van der Waals surface area contributed by atoms with Gasteiger partial charge in [0, 0.05) is 37.8 Å². The zero-order chi connectivity index (χ0) is 16.4. The molecule has 4 nitrogen and oxygen atoms in total. The van der Waals surface area contributed by atoms with Crippen molar-refractivity contribution in [2.24, 2.45) is 11.8 Å². The average Bonchev–Trinajstić information content (AvgIpc) is 3.34. The molecular formula is C19H28N2O2. The highest BCUT2D eigenvalue weighted by molar-refractivity contribution is 5.94. The smallest absolute Gasteiger partial charge is 0.253 e. The molecule has 0 aromatic heterocycles. The van der Waals surface area contributed by atoms with Gasteiger partial charge in [0.15, 0.2) is 0 Å². The van der Waals surface area contributed by atoms with E-state index in [-0.39, 0.29) is 11.7 Å². The summed E-state index contributed by atoms with van der Waals surface area (Å²) in [5.41, 5.74) is 0.668. The van der Waals surface area contributed by atoms with Gasteiger partial charge < -0.3 is 10.0 Å². The minimum Gasteiger partial charge on any atom is -0.508 e. The quantitative estimate of drug-likeness (QED) is 0.929. The second kappa shape index (κ2) is 6.91. The standard InChI is InChI=1S/C19H28N2O2/c1-14(2)18-13-21(11-3-10-20(18)12-15-4-5-15)19(23)16-6-8-17(22)9-7-16/h6-9,14-15,18,22H,3-5,10-13H2,1-2H3/t18-/m0/s1. The highest BCUT2D eigenvalue weighted by atomic mass is 16.3. The first-order valence-corrected chi connectivity index (χ1v) is 8.87. The number of benzene rings is 1. The summed E-state index contributed by atoms with van der Waals surface area (Å²) in [6.07, 6.45) is 3.79. The number of nitrogens with zero attached hydrogens (tertiary/aromatic N) is 2.